The topological polar surface area (TPSA) is 81.8 Å². The summed E-state index contributed by atoms with van der Waals surface area (Å²) in [5.41, 5.74) is 0.0172. The Morgan fingerprint density at radius 3 is 2.48 bits per heavy atom. The molecule has 1 aromatic rings. The maximum atomic E-state index is 10.5. The van der Waals surface area contributed by atoms with Crippen LogP contribution in [0.5, 0.6) is 5.75 Å². The highest BCUT2D eigenvalue weighted by Crippen LogP contribution is 2.20. The van der Waals surface area contributed by atoms with Crippen LogP contribution in [0, 0.1) is 10.1 Å². The highest BCUT2D eigenvalue weighted by Gasteiger charge is 2.16. The number of hydrogen-bond acceptors (Lipinski definition) is 5. The van der Waals surface area contributed by atoms with E-state index in [1.54, 1.807) is 0 Å². The number of nitrogens with zero attached hydrogens (tertiary/aromatic N) is 1. The van der Waals surface area contributed by atoms with Gasteiger partial charge in [-0.1, -0.05) is 19.3 Å². The number of non-ortho nitro benzene ring substituents is 1. The summed E-state index contributed by atoms with van der Waals surface area (Å²) < 4.78 is 11.1. The number of nitro groups is 1. The zero-order valence-corrected chi connectivity index (χ0v) is 11.9. The van der Waals surface area contributed by atoms with Gasteiger partial charge in [0.2, 0.25) is 0 Å². The van der Waals surface area contributed by atoms with Gasteiger partial charge in [0.15, 0.2) is 0 Å². The van der Waals surface area contributed by atoms with E-state index in [-0.39, 0.29) is 25.0 Å². The third kappa shape index (κ3) is 5.32. The summed E-state index contributed by atoms with van der Waals surface area (Å²) in [6.45, 7) is 0.377. The maximum Gasteiger partial charge on any atom is 0.269 e. The molecule has 0 spiro atoms. The van der Waals surface area contributed by atoms with Gasteiger partial charge in [0.25, 0.3) is 5.69 Å². The van der Waals surface area contributed by atoms with Crippen molar-refractivity contribution < 1.29 is 19.5 Å². The van der Waals surface area contributed by atoms with E-state index >= 15 is 0 Å². The van der Waals surface area contributed by atoms with Crippen molar-refractivity contribution in [3.8, 4) is 5.75 Å². The highest BCUT2D eigenvalue weighted by atomic mass is 16.6. The molecule has 116 valence electrons. The minimum Gasteiger partial charge on any atom is -0.491 e. The number of hydrogen-bond donors (Lipinski definition) is 1. The molecule has 1 N–H and O–H groups in total. The Kier molecular flexibility index (Phi) is 5.95. The van der Waals surface area contributed by atoms with Crippen LogP contribution in [0.25, 0.3) is 0 Å². The summed E-state index contributed by atoms with van der Waals surface area (Å²) in [6.07, 6.45) is 5.35. The van der Waals surface area contributed by atoms with Gasteiger partial charge in [0.1, 0.15) is 18.5 Å². The second-order valence-electron chi connectivity index (χ2n) is 5.31. The fourth-order valence-electron chi connectivity index (χ4n) is 2.38. The molecule has 1 saturated carbocycles. The molecule has 21 heavy (non-hydrogen) atoms. The van der Waals surface area contributed by atoms with Crippen molar-refractivity contribution in [2.24, 2.45) is 0 Å². The Morgan fingerprint density at radius 1 is 1.19 bits per heavy atom. The number of benzene rings is 1. The minimum atomic E-state index is -0.692. The minimum absolute atomic E-state index is 0.0172. The molecule has 1 aromatic carbocycles. The molecule has 1 unspecified atom stereocenters. The molecule has 1 aliphatic rings. The first-order chi connectivity index (χ1) is 10.1. The SMILES string of the molecule is O=[N+]([O-])c1ccc(OCC(O)COC2CCCCC2)cc1. The van der Waals surface area contributed by atoms with Crippen molar-refractivity contribution in [2.75, 3.05) is 13.2 Å². The third-order valence-electron chi connectivity index (χ3n) is 3.57. The normalized spacial score (nSPS) is 17.4. The summed E-state index contributed by atoms with van der Waals surface area (Å²) in [5, 5.41) is 20.3. The first-order valence-corrected chi connectivity index (χ1v) is 7.32. The molecule has 1 fully saturated rings. The van der Waals surface area contributed by atoms with Gasteiger partial charge in [-0.25, -0.2) is 0 Å². The molecule has 0 aromatic heterocycles. The molecule has 0 radical (unpaired) electrons. The van der Waals surface area contributed by atoms with Crippen LogP contribution < -0.4 is 4.74 Å². The van der Waals surface area contributed by atoms with Crippen LogP contribution in [0.3, 0.4) is 0 Å². The first kappa shape index (κ1) is 15.7. The van der Waals surface area contributed by atoms with E-state index in [1.807, 2.05) is 0 Å². The van der Waals surface area contributed by atoms with E-state index in [4.69, 9.17) is 9.47 Å². The lowest BCUT2D eigenvalue weighted by atomic mass is 9.98. The summed E-state index contributed by atoms with van der Waals surface area (Å²) in [6, 6.07) is 5.79. The van der Waals surface area contributed by atoms with E-state index in [9.17, 15) is 15.2 Å². The van der Waals surface area contributed by atoms with Crippen LogP contribution in [0.1, 0.15) is 32.1 Å². The Labute approximate surface area is 123 Å². The average molecular weight is 295 g/mol. The summed E-state index contributed by atoms with van der Waals surface area (Å²) in [5.74, 6) is 0.498. The largest absolute Gasteiger partial charge is 0.491 e. The number of rotatable bonds is 7. The van der Waals surface area contributed by atoms with E-state index in [2.05, 4.69) is 0 Å². The summed E-state index contributed by atoms with van der Waals surface area (Å²) in [4.78, 5) is 10.1. The number of aliphatic hydroxyl groups excluding tert-OH is 1. The van der Waals surface area contributed by atoms with Crippen molar-refractivity contribution in [2.45, 2.75) is 44.3 Å². The smallest absolute Gasteiger partial charge is 0.269 e. The molecule has 0 bridgehead atoms. The van der Waals surface area contributed by atoms with Gasteiger partial charge in [-0.2, -0.15) is 0 Å². The van der Waals surface area contributed by atoms with E-state index < -0.39 is 11.0 Å². The van der Waals surface area contributed by atoms with Crippen molar-refractivity contribution in [1.82, 2.24) is 0 Å². The molecule has 2 rings (SSSR count). The lowest BCUT2D eigenvalue weighted by Gasteiger charge is -2.23. The molecular formula is C15H21NO5. The van der Waals surface area contributed by atoms with Gasteiger partial charge in [-0.15, -0.1) is 0 Å². The summed E-state index contributed by atoms with van der Waals surface area (Å²) >= 11 is 0. The third-order valence-corrected chi connectivity index (χ3v) is 3.57. The van der Waals surface area contributed by atoms with Gasteiger partial charge in [0, 0.05) is 12.1 Å². The van der Waals surface area contributed by atoms with Gasteiger partial charge < -0.3 is 14.6 Å². The van der Waals surface area contributed by atoms with Crippen molar-refractivity contribution in [3.63, 3.8) is 0 Å². The van der Waals surface area contributed by atoms with Crippen molar-refractivity contribution in [3.05, 3.63) is 34.4 Å². The lowest BCUT2D eigenvalue weighted by Crippen LogP contribution is -2.27. The fourth-order valence-corrected chi connectivity index (χ4v) is 2.38. The van der Waals surface area contributed by atoms with Crippen LogP contribution in [-0.2, 0) is 4.74 Å². The summed E-state index contributed by atoms with van der Waals surface area (Å²) in [7, 11) is 0. The Balaban J connectivity index is 1.68. The van der Waals surface area contributed by atoms with Crippen LogP contribution in [0.15, 0.2) is 24.3 Å². The van der Waals surface area contributed by atoms with Crippen LogP contribution in [0.2, 0.25) is 0 Å². The van der Waals surface area contributed by atoms with Gasteiger partial charge in [0.05, 0.1) is 17.6 Å². The monoisotopic (exact) mass is 295 g/mol. The second kappa shape index (κ2) is 7.95. The van der Waals surface area contributed by atoms with Gasteiger partial charge >= 0.3 is 0 Å². The Hall–Kier alpha value is -1.66. The Bertz CT molecular complexity index is 442. The van der Waals surface area contributed by atoms with Crippen LogP contribution in [0.4, 0.5) is 5.69 Å². The zero-order valence-electron chi connectivity index (χ0n) is 11.9. The quantitative estimate of drug-likeness (QED) is 0.617. The number of ether oxygens (including phenoxy) is 2. The van der Waals surface area contributed by atoms with Crippen LogP contribution >= 0.6 is 0 Å². The molecule has 6 heteroatoms. The molecule has 6 nitrogen and oxygen atoms in total. The van der Waals surface area contributed by atoms with E-state index in [1.165, 1.54) is 43.5 Å². The molecule has 0 saturated heterocycles. The Morgan fingerprint density at radius 2 is 1.86 bits per heavy atom. The van der Waals surface area contributed by atoms with Gasteiger partial charge in [-0.05, 0) is 25.0 Å². The maximum absolute atomic E-state index is 10.5. The van der Waals surface area contributed by atoms with E-state index in [0.29, 0.717) is 5.75 Å². The molecular weight excluding hydrogens is 274 g/mol. The average Bonchev–Trinajstić information content (AvgIpc) is 2.52. The molecule has 1 aliphatic carbocycles. The predicted octanol–water partition coefficient (Wildman–Crippen LogP) is 2.68. The number of nitro benzene ring substituents is 1. The lowest BCUT2D eigenvalue weighted by molar-refractivity contribution is -0.384. The van der Waals surface area contributed by atoms with Crippen molar-refractivity contribution in [1.29, 1.82) is 0 Å². The fraction of sp³-hybridized carbons (Fsp3) is 0.600. The van der Waals surface area contributed by atoms with Crippen LogP contribution in [-0.4, -0.2) is 35.5 Å². The van der Waals surface area contributed by atoms with Gasteiger partial charge in [-0.3, -0.25) is 10.1 Å². The molecule has 1 atom stereocenters. The predicted molar refractivity (Wildman–Crippen MR) is 77.4 cm³/mol. The molecule has 0 aliphatic heterocycles. The molecule has 0 heterocycles. The van der Waals surface area contributed by atoms with Crippen molar-refractivity contribution >= 4 is 5.69 Å². The number of aliphatic hydroxyl groups is 1. The first-order valence-electron chi connectivity index (χ1n) is 7.32. The zero-order chi connectivity index (χ0) is 15.1. The second-order valence-corrected chi connectivity index (χ2v) is 5.31. The highest BCUT2D eigenvalue weighted by molar-refractivity contribution is 5.35. The van der Waals surface area contributed by atoms with E-state index in [0.717, 1.165) is 12.8 Å². The molecule has 0 amide bonds. The standard InChI is InChI=1S/C15H21NO5/c17-13(10-20-14-4-2-1-3-5-14)11-21-15-8-6-12(7-9-15)16(18)19/h6-9,13-14,17H,1-5,10-11H2.